The molecule has 6 heteroatoms. The normalized spacial score (nSPS) is 10.3. The molecule has 148 valence electrons. The summed E-state index contributed by atoms with van der Waals surface area (Å²) in [7, 11) is 1.61. The molecule has 0 aliphatic carbocycles. The topological polar surface area (TPSA) is 64.1 Å². The summed E-state index contributed by atoms with van der Waals surface area (Å²) in [5.41, 5.74) is 4.27. The van der Waals surface area contributed by atoms with Crippen molar-refractivity contribution in [2.75, 3.05) is 12.4 Å². The summed E-state index contributed by atoms with van der Waals surface area (Å²) in [6, 6.07) is 17.8. The van der Waals surface area contributed by atoms with Crippen molar-refractivity contribution in [3.05, 3.63) is 89.7 Å². The standard InChI is InChI=1S/C24H19N3O2S/c1-29-22-9-6-18(23-3-2-12-30-23)14-21(22)19(16-28)13-17-4-7-20(8-5-17)27-24-15-25-10-11-26-24/h2-12,14-15H,13H2,1H3,(H,26,27). The van der Waals surface area contributed by atoms with Crippen LogP contribution in [-0.4, -0.2) is 23.0 Å². The third kappa shape index (κ3) is 4.46. The Bertz CT molecular complexity index is 1170. The number of allylic oxidation sites excluding steroid dienone is 1. The van der Waals surface area contributed by atoms with Crippen LogP contribution in [0.2, 0.25) is 0 Å². The molecule has 0 aliphatic heterocycles. The first-order valence-electron chi connectivity index (χ1n) is 9.35. The summed E-state index contributed by atoms with van der Waals surface area (Å²) in [6.07, 6.45) is 5.38. The van der Waals surface area contributed by atoms with E-state index in [4.69, 9.17) is 4.74 Å². The first-order valence-corrected chi connectivity index (χ1v) is 10.2. The molecule has 0 aliphatic rings. The average Bonchev–Trinajstić information content (AvgIpc) is 3.34. The molecular formula is C24H19N3O2S. The molecule has 0 saturated heterocycles. The van der Waals surface area contributed by atoms with Crippen LogP contribution in [-0.2, 0) is 11.2 Å². The van der Waals surface area contributed by atoms with E-state index in [0.29, 0.717) is 23.6 Å². The van der Waals surface area contributed by atoms with E-state index in [1.165, 1.54) is 0 Å². The largest absolute Gasteiger partial charge is 0.496 e. The van der Waals surface area contributed by atoms with Crippen molar-refractivity contribution in [2.24, 2.45) is 0 Å². The molecule has 0 spiro atoms. The fraction of sp³-hybridized carbons (Fsp3) is 0.0833. The zero-order valence-corrected chi connectivity index (χ0v) is 17.1. The second-order valence-electron chi connectivity index (χ2n) is 6.56. The van der Waals surface area contributed by atoms with E-state index in [1.807, 2.05) is 53.9 Å². The van der Waals surface area contributed by atoms with Gasteiger partial charge in [0.2, 0.25) is 0 Å². The predicted molar refractivity (Wildman–Crippen MR) is 121 cm³/mol. The van der Waals surface area contributed by atoms with Crippen LogP contribution in [0.25, 0.3) is 16.0 Å². The fourth-order valence-electron chi connectivity index (χ4n) is 3.15. The molecule has 1 N–H and O–H groups in total. The first kappa shape index (κ1) is 19.6. The minimum Gasteiger partial charge on any atom is -0.496 e. The van der Waals surface area contributed by atoms with Gasteiger partial charge >= 0.3 is 0 Å². The highest BCUT2D eigenvalue weighted by molar-refractivity contribution is 7.13. The Kier molecular flexibility index (Phi) is 5.99. The van der Waals surface area contributed by atoms with Gasteiger partial charge in [-0.1, -0.05) is 18.2 Å². The first-order chi connectivity index (χ1) is 14.8. The Labute approximate surface area is 178 Å². The van der Waals surface area contributed by atoms with Crippen molar-refractivity contribution in [1.82, 2.24) is 9.97 Å². The van der Waals surface area contributed by atoms with Crippen molar-refractivity contribution in [3.63, 3.8) is 0 Å². The molecule has 0 unspecified atom stereocenters. The van der Waals surface area contributed by atoms with Gasteiger partial charge in [0.25, 0.3) is 0 Å². The zero-order chi connectivity index (χ0) is 20.8. The van der Waals surface area contributed by atoms with Gasteiger partial charge in [-0.05, 0) is 52.9 Å². The molecule has 0 fully saturated rings. The van der Waals surface area contributed by atoms with Gasteiger partial charge in [0, 0.05) is 34.9 Å². The highest BCUT2D eigenvalue weighted by Crippen LogP contribution is 2.33. The van der Waals surface area contributed by atoms with Gasteiger partial charge in [0.15, 0.2) is 0 Å². The molecule has 2 heterocycles. The van der Waals surface area contributed by atoms with E-state index in [-0.39, 0.29) is 0 Å². The van der Waals surface area contributed by atoms with E-state index in [2.05, 4.69) is 27.3 Å². The molecule has 0 radical (unpaired) electrons. The van der Waals surface area contributed by atoms with E-state index in [0.717, 1.165) is 27.3 Å². The van der Waals surface area contributed by atoms with Gasteiger partial charge in [-0.25, -0.2) is 9.78 Å². The second kappa shape index (κ2) is 9.18. The summed E-state index contributed by atoms with van der Waals surface area (Å²) in [5, 5.41) is 5.23. The van der Waals surface area contributed by atoms with Crippen molar-refractivity contribution in [3.8, 4) is 16.2 Å². The van der Waals surface area contributed by atoms with Crippen LogP contribution in [0.3, 0.4) is 0 Å². The molecular weight excluding hydrogens is 394 g/mol. The molecule has 4 aromatic rings. The number of hydrogen-bond acceptors (Lipinski definition) is 6. The number of methoxy groups -OCH3 is 1. The van der Waals surface area contributed by atoms with Crippen LogP contribution >= 0.6 is 11.3 Å². The molecule has 2 aromatic heterocycles. The Hall–Kier alpha value is -3.73. The van der Waals surface area contributed by atoms with Gasteiger partial charge < -0.3 is 10.1 Å². The van der Waals surface area contributed by atoms with Crippen molar-refractivity contribution in [1.29, 1.82) is 0 Å². The number of aromatic nitrogens is 2. The van der Waals surface area contributed by atoms with Crippen LogP contribution in [0, 0.1) is 0 Å². The number of rotatable bonds is 7. The SMILES string of the molecule is COc1ccc(-c2cccs2)cc1C(=C=O)Cc1ccc(Nc2cnccn2)cc1. The Morgan fingerprint density at radius 2 is 2.00 bits per heavy atom. The Morgan fingerprint density at radius 3 is 2.67 bits per heavy atom. The summed E-state index contributed by atoms with van der Waals surface area (Å²) < 4.78 is 5.50. The van der Waals surface area contributed by atoms with Gasteiger partial charge in [-0.2, -0.15) is 0 Å². The summed E-state index contributed by atoms with van der Waals surface area (Å²) in [4.78, 5) is 21.2. The number of ether oxygens (including phenoxy) is 1. The molecule has 0 saturated carbocycles. The minimum absolute atomic E-state index is 0.458. The lowest BCUT2D eigenvalue weighted by molar-refractivity contribution is 0.413. The van der Waals surface area contributed by atoms with E-state index < -0.39 is 0 Å². The van der Waals surface area contributed by atoms with Crippen LogP contribution in [0.15, 0.2) is 78.6 Å². The fourth-order valence-corrected chi connectivity index (χ4v) is 3.87. The van der Waals surface area contributed by atoms with E-state index >= 15 is 0 Å². The second-order valence-corrected chi connectivity index (χ2v) is 7.51. The maximum Gasteiger partial charge on any atom is 0.148 e. The lowest BCUT2D eigenvalue weighted by Crippen LogP contribution is -1.98. The average molecular weight is 414 g/mol. The lowest BCUT2D eigenvalue weighted by Gasteiger charge is -2.12. The maximum atomic E-state index is 11.8. The van der Waals surface area contributed by atoms with Crippen LogP contribution in [0.4, 0.5) is 11.5 Å². The zero-order valence-electron chi connectivity index (χ0n) is 16.3. The molecule has 0 bridgehead atoms. The minimum atomic E-state index is 0.458. The third-order valence-electron chi connectivity index (χ3n) is 4.62. The number of anilines is 2. The van der Waals surface area contributed by atoms with E-state index in [9.17, 15) is 4.79 Å². The van der Waals surface area contributed by atoms with Crippen molar-refractivity contribution in [2.45, 2.75) is 6.42 Å². The van der Waals surface area contributed by atoms with Crippen LogP contribution < -0.4 is 10.1 Å². The van der Waals surface area contributed by atoms with Gasteiger partial charge in [0.1, 0.15) is 17.5 Å². The lowest BCUT2D eigenvalue weighted by atomic mass is 9.96. The Balaban J connectivity index is 1.56. The smallest absolute Gasteiger partial charge is 0.148 e. The number of nitrogens with zero attached hydrogens (tertiary/aromatic N) is 2. The summed E-state index contributed by atoms with van der Waals surface area (Å²) in [5.74, 6) is 3.46. The number of hydrogen-bond donors (Lipinski definition) is 1. The van der Waals surface area contributed by atoms with E-state index in [1.54, 1.807) is 37.0 Å². The molecule has 30 heavy (non-hydrogen) atoms. The monoisotopic (exact) mass is 413 g/mol. The van der Waals surface area contributed by atoms with Crippen molar-refractivity contribution >= 4 is 34.4 Å². The molecule has 2 aromatic carbocycles. The third-order valence-corrected chi connectivity index (χ3v) is 5.54. The molecule has 5 nitrogen and oxygen atoms in total. The number of carbonyl (C=O) groups excluding carboxylic acids is 1. The quantitative estimate of drug-likeness (QED) is 0.410. The highest BCUT2D eigenvalue weighted by Gasteiger charge is 2.13. The number of thiophene rings is 1. The number of nitrogens with one attached hydrogen (secondary N) is 1. The van der Waals surface area contributed by atoms with Crippen LogP contribution in [0.1, 0.15) is 11.1 Å². The predicted octanol–water partition coefficient (Wildman–Crippen LogP) is 5.42. The summed E-state index contributed by atoms with van der Waals surface area (Å²) in [6.45, 7) is 0. The maximum absolute atomic E-state index is 11.8. The highest BCUT2D eigenvalue weighted by atomic mass is 32.1. The molecule has 0 atom stereocenters. The van der Waals surface area contributed by atoms with Gasteiger partial charge in [0.05, 0.1) is 18.9 Å². The van der Waals surface area contributed by atoms with Gasteiger partial charge in [-0.15, -0.1) is 11.3 Å². The summed E-state index contributed by atoms with van der Waals surface area (Å²) >= 11 is 1.66. The van der Waals surface area contributed by atoms with Gasteiger partial charge in [-0.3, -0.25) is 4.98 Å². The Morgan fingerprint density at radius 1 is 1.13 bits per heavy atom. The molecule has 0 amide bonds. The number of benzene rings is 2. The van der Waals surface area contributed by atoms with Crippen LogP contribution in [0.5, 0.6) is 5.75 Å². The van der Waals surface area contributed by atoms with Crippen molar-refractivity contribution < 1.29 is 9.53 Å². The molecule has 4 rings (SSSR count).